The molecule has 3 heterocycles. The molecular formula is C20H15N3O4. The van der Waals surface area contributed by atoms with Crippen molar-refractivity contribution in [1.29, 1.82) is 0 Å². The van der Waals surface area contributed by atoms with Crippen LogP contribution in [0.15, 0.2) is 41.5 Å². The van der Waals surface area contributed by atoms with Crippen LogP contribution in [0.4, 0.5) is 0 Å². The first-order valence-corrected chi connectivity index (χ1v) is 8.32. The number of pyridine rings is 1. The van der Waals surface area contributed by atoms with Crippen molar-refractivity contribution < 1.29 is 14.2 Å². The molecule has 7 heteroatoms. The Kier molecular flexibility index (Phi) is 3.15. The van der Waals surface area contributed by atoms with Gasteiger partial charge in [0.1, 0.15) is 23.1 Å². The molecule has 3 aromatic heterocycles. The maximum Gasteiger partial charge on any atom is 0.263 e. The van der Waals surface area contributed by atoms with E-state index in [4.69, 9.17) is 14.2 Å². The summed E-state index contributed by atoms with van der Waals surface area (Å²) in [5, 5.41) is 2.05. The lowest BCUT2D eigenvalue weighted by Crippen LogP contribution is -2.13. The van der Waals surface area contributed by atoms with Gasteiger partial charge in [0.05, 0.1) is 37.7 Å². The van der Waals surface area contributed by atoms with Crippen LogP contribution in [-0.4, -0.2) is 35.7 Å². The van der Waals surface area contributed by atoms with Crippen LogP contribution in [0.25, 0.3) is 38.2 Å². The van der Waals surface area contributed by atoms with E-state index in [1.165, 1.54) is 6.33 Å². The van der Waals surface area contributed by atoms with E-state index in [-0.39, 0.29) is 5.56 Å². The third-order valence-electron chi connectivity index (χ3n) is 4.96. The summed E-state index contributed by atoms with van der Waals surface area (Å²) >= 11 is 0. The summed E-state index contributed by atoms with van der Waals surface area (Å²) < 4.78 is 17.8. The molecule has 0 aliphatic carbocycles. The fourth-order valence-electron chi connectivity index (χ4n) is 3.72. The topological polar surface area (TPSA) is 75.0 Å². The SMILES string of the molecule is COc1ccc2c(c1)c1ncnc3c4cc(OC)c(OC)cc4c(=O)n2c31. The van der Waals surface area contributed by atoms with Gasteiger partial charge < -0.3 is 14.2 Å². The molecule has 0 unspecified atom stereocenters. The van der Waals surface area contributed by atoms with Crippen molar-refractivity contribution in [3.05, 3.63) is 47.0 Å². The van der Waals surface area contributed by atoms with Crippen molar-refractivity contribution in [3.63, 3.8) is 0 Å². The van der Waals surface area contributed by atoms with Crippen LogP contribution in [0.1, 0.15) is 0 Å². The van der Waals surface area contributed by atoms with Gasteiger partial charge in [-0.1, -0.05) is 0 Å². The van der Waals surface area contributed by atoms with E-state index in [2.05, 4.69) is 9.97 Å². The van der Waals surface area contributed by atoms with Crippen LogP contribution in [0.2, 0.25) is 0 Å². The molecule has 2 aromatic carbocycles. The Morgan fingerprint density at radius 3 is 2.15 bits per heavy atom. The van der Waals surface area contributed by atoms with E-state index in [1.807, 2.05) is 18.2 Å². The molecule has 0 bridgehead atoms. The Morgan fingerprint density at radius 1 is 0.815 bits per heavy atom. The van der Waals surface area contributed by atoms with Gasteiger partial charge in [0.25, 0.3) is 5.56 Å². The molecule has 0 N–H and O–H groups in total. The van der Waals surface area contributed by atoms with E-state index >= 15 is 0 Å². The van der Waals surface area contributed by atoms with E-state index in [9.17, 15) is 4.79 Å². The molecule has 0 atom stereocenters. The summed E-state index contributed by atoms with van der Waals surface area (Å²) in [5.74, 6) is 1.74. The molecule has 0 saturated heterocycles. The van der Waals surface area contributed by atoms with Gasteiger partial charge in [-0.2, -0.15) is 0 Å². The highest BCUT2D eigenvalue weighted by atomic mass is 16.5. The molecule has 0 saturated carbocycles. The van der Waals surface area contributed by atoms with Crippen molar-refractivity contribution >= 4 is 38.2 Å². The molecule has 27 heavy (non-hydrogen) atoms. The third kappa shape index (κ3) is 1.93. The average Bonchev–Trinajstić information content (AvgIpc) is 3.05. The smallest absolute Gasteiger partial charge is 0.263 e. The van der Waals surface area contributed by atoms with Crippen molar-refractivity contribution in [2.75, 3.05) is 21.3 Å². The molecule has 0 aliphatic rings. The monoisotopic (exact) mass is 361 g/mol. The first-order chi connectivity index (χ1) is 13.2. The quantitative estimate of drug-likeness (QED) is 0.460. The standard InChI is InChI=1S/C20H15N3O4/c1-25-10-4-5-14-13(6-10)18-19-17(21-9-22-18)11-7-15(26-2)16(27-3)8-12(11)20(24)23(14)19/h4-9H,1-3H3. The summed E-state index contributed by atoms with van der Waals surface area (Å²) in [4.78, 5) is 22.3. The average molecular weight is 361 g/mol. The highest BCUT2D eigenvalue weighted by Crippen LogP contribution is 2.37. The van der Waals surface area contributed by atoms with Gasteiger partial charge in [0.15, 0.2) is 11.5 Å². The molecule has 5 aromatic rings. The number of nitrogens with zero attached hydrogens (tertiary/aromatic N) is 3. The number of rotatable bonds is 3. The Labute approximate surface area is 153 Å². The third-order valence-corrected chi connectivity index (χ3v) is 4.96. The number of aromatic nitrogens is 3. The zero-order chi connectivity index (χ0) is 18.7. The summed E-state index contributed by atoms with van der Waals surface area (Å²) in [6.45, 7) is 0. The number of fused-ring (bicyclic) bond motifs is 5. The van der Waals surface area contributed by atoms with Gasteiger partial charge in [0.2, 0.25) is 0 Å². The molecule has 0 fully saturated rings. The molecule has 5 rings (SSSR count). The Bertz CT molecular complexity index is 1410. The zero-order valence-corrected chi connectivity index (χ0v) is 14.9. The zero-order valence-electron chi connectivity index (χ0n) is 14.9. The van der Waals surface area contributed by atoms with Gasteiger partial charge in [-0.15, -0.1) is 0 Å². The lowest BCUT2D eigenvalue weighted by atomic mass is 10.1. The minimum absolute atomic E-state index is 0.154. The van der Waals surface area contributed by atoms with Gasteiger partial charge in [-0.05, 0) is 30.3 Å². The van der Waals surface area contributed by atoms with Gasteiger partial charge in [-0.25, -0.2) is 9.97 Å². The predicted molar refractivity (Wildman–Crippen MR) is 103 cm³/mol. The molecule has 7 nitrogen and oxygen atoms in total. The molecular weight excluding hydrogens is 346 g/mol. The van der Waals surface area contributed by atoms with Crippen molar-refractivity contribution in [3.8, 4) is 17.2 Å². The second-order valence-electron chi connectivity index (χ2n) is 6.20. The maximum absolute atomic E-state index is 13.4. The van der Waals surface area contributed by atoms with Gasteiger partial charge in [-0.3, -0.25) is 9.20 Å². The molecule has 0 spiro atoms. The van der Waals surface area contributed by atoms with Crippen molar-refractivity contribution in [1.82, 2.24) is 14.4 Å². The second-order valence-corrected chi connectivity index (χ2v) is 6.20. The number of benzene rings is 2. The summed E-state index contributed by atoms with van der Waals surface area (Å²) in [7, 11) is 4.72. The normalized spacial score (nSPS) is 11.7. The van der Waals surface area contributed by atoms with Gasteiger partial charge in [0, 0.05) is 10.8 Å². The number of hydrogen-bond acceptors (Lipinski definition) is 6. The maximum atomic E-state index is 13.4. The van der Waals surface area contributed by atoms with Crippen molar-refractivity contribution in [2.45, 2.75) is 0 Å². The van der Waals surface area contributed by atoms with Gasteiger partial charge >= 0.3 is 0 Å². The van der Waals surface area contributed by atoms with Crippen LogP contribution in [0, 0.1) is 0 Å². The van der Waals surface area contributed by atoms with Crippen LogP contribution in [0.5, 0.6) is 17.2 Å². The minimum Gasteiger partial charge on any atom is -0.497 e. The van der Waals surface area contributed by atoms with Crippen LogP contribution in [0.3, 0.4) is 0 Å². The molecule has 0 radical (unpaired) electrons. The summed E-state index contributed by atoms with van der Waals surface area (Å²) in [6, 6.07) is 9.06. The van der Waals surface area contributed by atoms with E-state index < -0.39 is 0 Å². The highest BCUT2D eigenvalue weighted by molar-refractivity contribution is 6.17. The van der Waals surface area contributed by atoms with Crippen molar-refractivity contribution in [2.24, 2.45) is 0 Å². The lowest BCUT2D eigenvalue weighted by molar-refractivity contribution is 0.356. The first kappa shape index (κ1) is 15.6. The lowest BCUT2D eigenvalue weighted by Gasteiger charge is -2.10. The summed E-state index contributed by atoms with van der Waals surface area (Å²) in [5.41, 5.74) is 2.69. The van der Waals surface area contributed by atoms with Crippen LogP contribution < -0.4 is 19.8 Å². The number of methoxy groups -OCH3 is 3. The minimum atomic E-state index is -0.154. The number of hydrogen-bond donors (Lipinski definition) is 0. The van der Waals surface area contributed by atoms with Crippen LogP contribution in [-0.2, 0) is 0 Å². The molecule has 0 aliphatic heterocycles. The largest absolute Gasteiger partial charge is 0.497 e. The van der Waals surface area contributed by atoms with E-state index in [0.29, 0.717) is 44.6 Å². The fraction of sp³-hybridized carbons (Fsp3) is 0.150. The first-order valence-electron chi connectivity index (χ1n) is 8.32. The molecule has 134 valence electrons. The Balaban J connectivity index is 2.10. The fourth-order valence-corrected chi connectivity index (χ4v) is 3.72. The predicted octanol–water partition coefficient (Wildman–Crippen LogP) is 3.01. The Morgan fingerprint density at radius 2 is 1.48 bits per heavy atom. The second kappa shape index (κ2) is 5.44. The van der Waals surface area contributed by atoms with Crippen LogP contribution >= 0.6 is 0 Å². The van der Waals surface area contributed by atoms with E-state index in [0.717, 1.165) is 10.9 Å². The summed E-state index contributed by atoms with van der Waals surface area (Å²) in [6.07, 6.45) is 1.51. The highest BCUT2D eigenvalue weighted by Gasteiger charge is 2.20. The Hall–Kier alpha value is -3.61. The number of ether oxygens (including phenoxy) is 3. The van der Waals surface area contributed by atoms with E-state index in [1.54, 1.807) is 37.9 Å². The molecule has 0 amide bonds.